The van der Waals surface area contributed by atoms with Gasteiger partial charge in [-0.2, -0.15) is 5.10 Å². The SMILES string of the molecule is [N-]=[N+]=NCCOc1ccc(-c2csc(N/N=C(/Cc3ccccc3[N+](=O)[O-])C(=O)O)n2)cc1. The van der Waals surface area contributed by atoms with Crippen molar-refractivity contribution in [1.82, 2.24) is 4.98 Å². The lowest BCUT2D eigenvalue weighted by atomic mass is 10.1. The Morgan fingerprint density at radius 1 is 1.27 bits per heavy atom. The Morgan fingerprint density at radius 2 is 2.03 bits per heavy atom. The number of azide groups is 1. The minimum Gasteiger partial charge on any atom is -0.493 e. The number of nitrogens with zero attached hydrogens (tertiary/aromatic N) is 6. The van der Waals surface area contributed by atoms with Gasteiger partial charge in [0.1, 0.15) is 11.5 Å². The number of thiazole rings is 1. The molecule has 1 heterocycles. The lowest BCUT2D eigenvalue weighted by Gasteiger charge is -2.05. The van der Waals surface area contributed by atoms with Gasteiger partial charge in [-0.15, -0.1) is 11.3 Å². The second kappa shape index (κ2) is 11.2. The topological polar surface area (TPSA) is 176 Å². The van der Waals surface area contributed by atoms with Crippen LogP contribution >= 0.6 is 11.3 Å². The van der Waals surface area contributed by atoms with E-state index in [0.717, 1.165) is 5.56 Å². The molecular formula is C20H17N7O5S. The van der Waals surface area contributed by atoms with Crippen LogP contribution in [-0.4, -0.2) is 39.8 Å². The summed E-state index contributed by atoms with van der Waals surface area (Å²) in [7, 11) is 0. The van der Waals surface area contributed by atoms with Gasteiger partial charge in [0.2, 0.25) is 5.13 Å². The molecule has 2 aromatic carbocycles. The van der Waals surface area contributed by atoms with Crippen molar-refractivity contribution < 1.29 is 19.6 Å². The van der Waals surface area contributed by atoms with Gasteiger partial charge < -0.3 is 9.84 Å². The number of carboxylic acid groups (broad SMARTS) is 1. The Morgan fingerprint density at radius 3 is 2.73 bits per heavy atom. The van der Waals surface area contributed by atoms with E-state index < -0.39 is 10.9 Å². The third-order valence-corrected chi connectivity index (χ3v) is 5.00. The monoisotopic (exact) mass is 467 g/mol. The predicted octanol–water partition coefficient (Wildman–Crippen LogP) is 4.50. The summed E-state index contributed by atoms with van der Waals surface area (Å²) in [6, 6.07) is 13.0. The standard InChI is InChI=1S/C20H17N7O5S/c21-26-22-9-10-32-15-7-5-13(6-8-15)17-12-33-20(23-17)25-24-16(19(28)29)11-14-3-1-2-4-18(14)27(30)31/h1-8,12H,9-11H2,(H,23,25)(H,28,29)/b24-16-. The Balaban J connectivity index is 1.68. The molecule has 168 valence electrons. The molecule has 0 atom stereocenters. The van der Waals surface area contributed by atoms with E-state index in [9.17, 15) is 20.0 Å². The number of hydrogen-bond acceptors (Lipinski definition) is 9. The minimum absolute atomic E-state index is 0.173. The second-order valence-corrected chi connectivity index (χ2v) is 7.26. The van der Waals surface area contributed by atoms with Crippen LogP contribution < -0.4 is 10.2 Å². The summed E-state index contributed by atoms with van der Waals surface area (Å²) in [5.41, 5.74) is 12.1. The molecule has 12 nitrogen and oxygen atoms in total. The Labute approximate surface area is 191 Å². The Kier molecular flexibility index (Phi) is 7.89. The number of aromatic nitrogens is 1. The van der Waals surface area contributed by atoms with Crippen LogP contribution in [0.25, 0.3) is 21.7 Å². The molecule has 0 aliphatic rings. The molecular weight excluding hydrogens is 450 g/mol. The van der Waals surface area contributed by atoms with Gasteiger partial charge in [0.25, 0.3) is 5.69 Å². The zero-order valence-corrected chi connectivity index (χ0v) is 17.8. The van der Waals surface area contributed by atoms with Crippen molar-refractivity contribution in [3.05, 3.63) is 80.0 Å². The summed E-state index contributed by atoms with van der Waals surface area (Å²) < 4.78 is 5.45. The van der Waals surface area contributed by atoms with Crippen LogP contribution in [0, 0.1) is 10.1 Å². The lowest BCUT2D eigenvalue weighted by molar-refractivity contribution is -0.385. The molecule has 0 fully saturated rings. The third kappa shape index (κ3) is 6.50. The van der Waals surface area contributed by atoms with Gasteiger partial charge in [0.05, 0.1) is 23.8 Å². The number of nitrogens with one attached hydrogen (secondary N) is 1. The van der Waals surface area contributed by atoms with Gasteiger partial charge in [-0.25, -0.2) is 9.78 Å². The number of anilines is 1. The summed E-state index contributed by atoms with van der Waals surface area (Å²) in [6.07, 6.45) is -0.223. The number of aliphatic carboxylic acids is 1. The van der Waals surface area contributed by atoms with E-state index >= 15 is 0 Å². The van der Waals surface area contributed by atoms with E-state index in [1.165, 1.54) is 29.5 Å². The molecule has 0 radical (unpaired) electrons. The smallest absolute Gasteiger partial charge is 0.352 e. The maximum Gasteiger partial charge on any atom is 0.352 e. The number of hydrazone groups is 1. The van der Waals surface area contributed by atoms with Crippen molar-refractivity contribution in [3.8, 4) is 17.0 Å². The number of ether oxygens (including phenoxy) is 1. The van der Waals surface area contributed by atoms with Gasteiger partial charge in [-0.3, -0.25) is 15.5 Å². The van der Waals surface area contributed by atoms with Gasteiger partial charge in [-0.05, 0) is 29.8 Å². The van der Waals surface area contributed by atoms with Crippen molar-refractivity contribution in [2.24, 2.45) is 10.2 Å². The highest BCUT2D eigenvalue weighted by Crippen LogP contribution is 2.27. The molecule has 2 N–H and O–H groups in total. The molecule has 0 aliphatic carbocycles. The number of nitro groups is 1. The van der Waals surface area contributed by atoms with E-state index in [-0.39, 0.29) is 36.5 Å². The van der Waals surface area contributed by atoms with Gasteiger partial charge in [0, 0.05) is 33.9 Å². The summed E-state index contributed by atoms with van der Waals surface area (Å²) in [5, 5.41) is 30.0. The molecule has 13 heteroatoms. The predicted molar refractivity (Wildman–Crippen MR) is 123 cm³/mol. The van der Waals surface area contributed by atoms with Crippen molar-refractivity contribution >= 4 is 33.8 Å². The summed E-state index contributed by atoms with van der Waals surface area (Å²) in [4.78, 5) is 29.2. The summed E-state index contributed by atoms with van der Waals surface area (Å²) >= 11 is 1.23. The van der Waals surface area contributed by atoms with Gasteiger partial charge in [-0.1, -0.05) is 23.3 Å². The maximum atomic E-state index is 11.6. The highest BCUT2D eigenvalue weighted by Gasteiger charge is 2.18. The van der Waals surface area contributed by atoms with Crippen LogP contribution in [0.1, 0.15) is 5.56 Å². The summed E-state index contributed by atoms with van der Waals surface area (Å²) in [5.74, 6) is -0.681. The molecule has 3 aromatic rings. The zero-order valence-electron chi connectivity index (χ0n) is 17.0. The fourth-order valence-electron chi connectivity index (χ4n) is 2.73. The first-order chi connectivity index (χ1) is 16.0. The quantitative estimate of drug-likeness (QED) is 0.0793. The molecule has 0 unspecified atom stereocenters. The number of hydrogen-bond donors (Lipinski definition) is 2. The van der Waals surface area contributed by atoms with Crippen LogP contribution in [0.3, 0.4) is 0 Å². The number of carbonyl (C=O) groups is 1. The maximum absolute atomic E-state index is 11.6. The number of para-hydroxylation sites is 1. The van der Waals surface area contributed by atoms with Crippen LogP contribution in [-0.2, 0) is 11.2 Å². The van der Waals surface area contributed by atoms with E-state index in [1.807, 2.05) is 12.1 Å². The third-order valence-electron chi connectivity index (χ3n) is 4.26. The number of benzene rings is 2. The van der Waals surface area contributed by atoms with Crippen molar-refractivity contribution in [3.63, 3.8) is 0 Å². The van der Waals surface area contributed by atoms with E-state index in [0.29, 0.717) is 16.6 Å². The lowest BCUT2D eigenvalue weighted by Crippen LogP contribution is -2.18. The van der Waals surface area contributed by atoms with Crippen LogP contribution in [0.4, 0.5) is 10.8 Å². The van der Waals surface area contributed by atoms with E-state index in [1.54, 1.807) is 23.6 Å². The Bertz CT molecular complexity index is 1220. The zero-order chi connectivity index (χ0) is 23.6. The fourth-order valence-corrected chi connectivity index (χ4v) is 3.39. The first-order valence-corrected chi connectivity index (χ1v) is 10.3. The van der Waals surface area contributed by atoms with Crippen molar-refractivity contribution in [2.75, 3.05) is 18.6 Å². The molecule has 0 amide bonds. The minimum atomic E-state index is -1.30. The molecule has 0 bridgehead atoms. The largest absolute Gasteiger partial charge is 0.493 e. The van der Waals surface area contributed by atoms with E-state index in [2.05, 4.69) is 25.5 Å². The molecule has 3 rings (SSSR count). The molecule has 0 saturated heterocycles. The number of carboxylic acids is 1. The summed E-state index contributed by atoms with van der Waals surface area (Å²) in [6.45, 7) is 0.500. The van der Waals surface area contributed by atoms with Crippen molar-refractivity contribution in [2.45, 2.75) is 6.42 Å². The molecule has 0 spiro atoms. The average Bonchev–Trinajstić information content (AvgIpc) is 3.29. The van der Waals surface area contributed by atoms with Gasteiger partial charge >= 0.3 is 5.97 Å². The highest BCUT2D eigenvalue weighted by atomic mass is 32.1. The number of nitro benzene ring substituents is 1. The number of rotatable bonds is 11. The van der Waals surface area contributed by atoms with Gasteiger partial charge in [0.15, 0.2) is 0 Å². The molecule has 0 aliphatic heterocycles. The van der Waals surface area contributed by atoms with Crippen LogP contribution in [0.15, 0.2) is 64.1 Å². The Hall–Kier alpha value is -4.48. The molecule has 0 saturated carbocycles. The van der Waals surface area contributed by atoms with Crippen LogP contribution in [0.5, 0.6) is 5.75 Å². The van der Waals surface area contributed by atoms with E-state index in [4.69, 9.17) is 10.3 Å². The highest BCUT2D eigenvalue weighted by molar-refractivity contribution is 7.14. The van der Waals surface area contributed by atoms with Crippen LogP contribution in [0.2, 0.25) is 0 Å². The normalized spacial score (nSPS) is 10.8. The fraction of sp³-hybridized carbons (Fsp3) is 0.150. The first-order valence-electron chi connectivity index (χ1n) is 9.45. The first kappa shape index (κ1) is 23.2. The molecule has 1 aromatic heterocycles. The molecule has 33 heavy (non-hydrogen) atoms. The second-order valence-electron chi connectivity index (χ2n) is 6.40. The van der Waals surface area contributed by atoms with Crippen molar-refractivity contribution in [1.29, 1.82) is 0 Å². The average molecular weight is 467 g/mol.